The first-order valence-electron chi connectivity index (χ1n) is 8.75. The molecule has 146 valence electrons. The summed E-state index contributed by atoms with van der Waals surface area (Å²) < 4.78 is 3.75. The highest BCUT2D eigenvalue weighted by atomic mass is 79.9. The topological polar surface area (TPSA) is 95.6 Å². The van der Waals surface area contributed by atoms with E-state index in [2.05, 4.69) is 44.0 Å². The molecule has 2 N–H and O–H groups in total. The number of nitrogens with two attached hydrogens (primary N) is 1. The van der Waals surface area contributed by atoms with Gasteiger partial charge in [0.25, 0.3) is 5.56 Å². The third kappa shape index (κ3) is 3.23. The number of aromatic nitrogens is 1. The van der Waals surface area contributed by atoms with Crippen LogP contribution in [-0.2, 0) is 0 Å². The molecule has 2 heterocycles. The molecular weight excluding hydrogens is 528 g/mol. The molecule has 0 bridgehead atoms. The Labute approximate surface area is 192 Å². The Bertz CT molecular complexity index is 1480. The summed E-state index contributed by atoms with van der Waals surface area (Å²) in [5.74, 6) is -0.592. The first kappa shape index (κ1) is 20.4. The first-order valence-corrected chi connectivity index (χ1v) is 11.1. The molecule has 0 radical (unpaired) electrons. The zero-order valence-electron chi connectivity index (χ0n) is 15.3. The molecule has 0 saturated carbocycles. The molecule has 1 aromatic heterocycles. The van der Waals surface area contributed by atoms with Gasteiger partial charge in [0.05, 0.1) is 33.7 Å². The van der Waals surface area contributed by atoms with Gasteiger partial charge in [-0.25, -0.2) is 0 Å². The van der Waals surface area contributed by atoms with Crippen LogP contribution < -0.4 is 20.5 Å². The van der Waals surface area contributed by atoms with Crippen LogP contribution in [0.2, 0.25) is 0 Å². The lowest BCUT2D eigenvalue weighted by atomic mass is 9.84. The second kappa shape index (κ2) is 8.08. The maximum Gasteiger partial charge on any atom is 0.274 e. The quantitative estimate of drug-likeness (QED) is 0.540. The summed E-state index contributed by atoms with van der Waals surface area (Å²) in [5, 5.41) is 19.8. The summed E-state index contributed by atoms with van der Waals surface area (Å²) >= 11 is 8.18. The minimum Gasteiger partial charge on any atom is -0.384 e. The van der Waals surface area contributed by atoms with Crippen LogP contribution in [0.5, 0.6) is 0 Å². The van der Waals surface area contributed by atoms with E-state index in [4.69, 9.17) is 5.73 Å². The molecule has 0 unspecified atom stereocenters. The minimum atomic E-state index is -0.648. The third-order valence-corrected chi connectivity index (χ3v) is 7.35. The Kier molecular flexibility index (Phi) is 5.48. The molecular formula is C22H12Br2N4OS. The van der Waals surface area contributed by atoms with Gasteiger partial charge in [-0.05, 0) is 29.3 Å². The number of benzene rings is 2. The SMILES string of the molecule is N#CC1=C(N)n2c(s/c(=C\c3ccccc3Br)c2=O)=C(C#N)[C@H]1c1ccccc1Br. The lowest BCUT2D eigenvalue weighted by molar-refractivity contribution is 0.904. The van der Waals surface area contributed by atoms with E-state index in [-0.39, 0.29) is 17.0 Å². The summed E-state index contributed by atoms with van der Waals surface area (Å²) in [4.78, 5) is 13.1. The average molecular weight is 540 g/mol. The smallest absolute Gasteiger partial charge is 0.274 e. The van der Waals surface area contributed by atoms with Crippen LogP contribution in [0.4, 0.5) is 0 Å². The normalized spacial score (nSPS) is 16.2. The van der Waals surface area contributed by atoms with E-state index in [0.29, 0.717) is 14.8 Å². The molecule has 3 aromatic rings. The van der Waals surface area contributed by atoms with Crippen molar-refractivity contribution in [2.75, 3.05) is 0 Å². The van der Waals surface area contributed by atoms with E-state index in [1.807, 2.05) is 48.5 Å². The lowest BCUT2D eigenvalue weighted by Crippen LogP contribution is -2.38. The molecule has 4 rings (SSSR count). The van der Waals surface area contributed by atoms with E-state index >= 15 is 0 Å². The van der Waals surface area contributed by atoms with Crippen molar-refractivity contribution in [1.29, 1.82) is 10.5 Å². The molecule has 1 atom stereocenters. The van der Waals surface area contributed by atoms with Crippen molar-refractivity contribution in [3.05, 3.63) is 93.7 Å². The van der Waals surface area contributed by atoms with Gasteiger partial charge in [0, 0.05) is 8.95 Å². The van der Waals surface area contributed by atoms with Crippen LogP contribution >= 0.6 is 43.2 Å². The molecule has 0 amide bonds. The Morgan fingerprint density at radius 3 is 2.27 bits per heavy atom. The van der Waals surface area contributed by atoms with Crippen molar-refractivity contribution >= 4 is 60.7 Å². The lowest BCUT2D eigenvalue weighted by Gasteiger charge is -2.23. The van der Waals surface area contributed by atoms with Gasteiger partial charge >= 0.3 is 0 Å². The van der Waals surface area contributed by atoms with Gasteiger partial charge in [-0.3, -0.25) is 9.36 Å². The van der Waals surface area contributed by atoms with Crippen LogP contribution in [0.15, 0.2) is 67.8 Å². The number of rotatable bonds is 2. The molecule has 0 fully saturated rings. The van der Waals surface area contributed by atoms with Crippen LogP contribution in [0.25, 0.3) is 17.5 Å². The minimum absolute atomic E-state index is 0.0558. The molecule has 5 nitrogen and oxygen atoms in total. The van der Waals surface area contributed by atoms with Crippen molar-refractivity contribution in [2.45, 2.75) is 5.92 Å². The number of hydrogen-bond donors (Lipinski definition) is 1. The van der Waals surface area contributed by atoms with Crippen LogP contribution in [0.1, 0.15) is 17.0 Å². The fraction of sp³-hybridized carbons (Fsp3) is 0.0455. The van der Waals surface area contributed by atoms with E-state index in [1.54, 1.807) is 6.08 Å². The maximum atomic E-state index is 13.1. The summed E-state index contributed by atoms with van der Waals surface area (Å²) in [6.07, 6.45) is 1.75. The van der Waals surface area contributed by atoms with E-state index in [1.165, 1.54) is 15.9 Å². The van der Waals surface area contributed by atoms with Crippen molar-refractivity contribution in [2.24, 2.45) is 5.73 Å². The molecule has 2 aromatic carbocycles. The Hall–Kier alpha value is -2.91. The van der Waals surface area contributed by atoms with Crippen molar-refractivity contribution < 1.29 is 0 Å². The molecule has 1 aliphatic heterocycles. The average Bonchev–Trinajstić information content (AvgIpc) is 3.06. The molecule has 1 aliphatic rings. The first-order chi connectivity index (χ1) is 14.5. The van der Waals surface area contributed by atoms with Gasteiger partial charge in [-0.1, -0.05) is 68.3 Å². The van der Waals surface area contributed by atoms with Crippen LogP contribution in [0.3, 0.4) is 0 Å². The number of nitrogens with zero attached hydrogens (tertiary/aromatic N) is 3. The van der Waals surface area contributed by atoms with Crippen molar-refractivity contribution in [3.63, 3.8) is 0 Å². The van der Waals surface area contributed by atoms with Gasteiger partial charge in [0.1, 0.15) is 10.5 Å². The molecule has 0 aliphatic carbocycles. The predicted octanol–water partition coefficient (Wildman–Crippen LogP) is 3.39. The highest BCUT2D eigenvalue weighted by Crippen LogP contribution is 2.38. The number of nitriles is 2. The molecule has 8 heteroatoms. The fourth-order valence-corrected chi connectivity index (χ4v) is 5.44. The number of allylic oxidation sites excluding steroid dienone is 1. The van der Waals surface area contributed by atoms with Gasteiger partial charge in [0.2, 0.25) is 0 Å². The zero-order chi connectivity index (χ0) is 21.4. The zero-order valence-corrected chi connectivity index (χ0v) is 19.3. The van der Waals surface area contributed by atoms with Gasteiger partial charge in [0.15, 0.2) is 0 Å². The Balaban J connectivity index is 2.10. The van der Waals surface area contributed by atoms with Crippen LogP contribution in [0, 0.1) is 22.7 Å². The number of fused-ring (bicyclic) bond motifs is 1. The van der Waals surface area contributed by atoms with Crippen molar-refractivity contribution in [1.82, 2.24) is 4.57 Å². The largest absolute Gasteiger partial charge is 0.384 e. The summed E-state index contributed by atoms with van der Waals surface area (Å²) in [6.45, 7) is 0. The van der Waals surface area contributed by atoms with Crippen molar-refractivity contribution in [3.8, 4) is 12.1 Å². The molecule has 0 saturated heterocycles. The monoisotopic (exact) mass is 538 g/mol. The Morgan fingerprint density at radius 2 is 1.63 bits per heavy atom. The summed E-state index contributed by atoms with van der Waals surface area (Å²) in [6, 6.07) is 19.2. The molecule has 0 spiro atoms. The number of thiazole rings is 1. The highest BCUT2D eigenvalue weighted by Gasteiger charge is 2.33. The third-order valence-electron chi connectivity index (χ3n) is 4.80. The second-order valence-electron chi connectivity index (χ2n) is 6.47. The van der Waals surface area contributed by atoms with Crippen LogP contribution in [-0.4, -0.2) is 4.57 Å². The van der Waals surface area contributed by atoms with Gasteiger partial charge in [-0.2, -0.15) is 10.5 Å². The second-order valence-corrected chi connectivity index (χ2v) is 9.21. The number of halogens is 2. The van der Waals surface area contributed by atoms with E-state index < -0.39 is 5.92 Å². The maximum absolute atomic E-state index is 13.1. The highest BCUT2D eigenvalue weighted by molar-refractivity contribution is 9.10. The fourth-order valence-electron chi connectivity index (χ4n) is 3.41. The summed E-state index contributed by atoms with van der Waals surface area (Å²) in [7, 11) is 0. The van der Waals surface area contributed by atoms with E-state index in [0.717, 1.165) is 20.1 Å². The van der Waals surface area contributed by atoms with Gasteiger partial charge < -0.3 is 5.73 Å². The predicted molar refractivity (Wildman–Crippen MR) is 124 cm³/mol. The molecule has 30 heavy (non-hydrogen) atoms. The standard InChI is InChI=1S/C22H12Br2N4OS/c23-16-7-3-1-5-12(16)9-18-21(29)28-20(27)14(10-25)19(15(11-26)22(28)30-18)13-6-2-4-8-17(13)24/h1-9,19H,27H2/b18-9-/t19-/m0/s1. The van der Waals surface area contributed by atoms with E-state index in [9.17, 15) is 15.3 Å². The Morgan fingerprint density at radius 1 is 1.00 bits per heavy atom. The van der Waals surface area contributed by atoms with Gasteiger partial charge in [-0.15, -0.1) is 11.3 Å². The number of hydrogen-bond acceptors (Lipinski definition) is 5. The summed E-state index contributed by atoms with van der Waals surface area (Å²) in [5.41, 5.74) is 8.02.